The Balaban J connectivity index is 1.83. The average Bonchev–Trinajstić information content (AvgIpc) is 2.74. The monoisotopic (exact) mass is 203 g/mol. The number of hydrogen-bond donors (Lipinski definition) is 1. The van der Waals surface area contributed by atoms with Crippen molar-refractivity contribution in [3.05, 3.63) is 18.5 Å². The molecular weight excluding hydrogens is 186 g/mol. The Morgan fingerprint density at radius 2 is 2.13 bits per heavy atom. The lowest BCUT2D eigenvalue weighted by molar-refractivity contribution is 0.422. The van der Waals surface area contributed by atoms with E-state index in [0.29, 0.717) is 0 Å². The molecule has 0 bridgehead atoms. The van der Waals surface area contributed by atoms with Gasteiger partial charge in [0.1, 0.15) is 0 Å². The number of hydrogen-bond acceptors (Lipinski definition) is 3. The fourth-order valence-corrected chi connectivity index (χ4v) is 2.75. The number of rotatable bonds is 1. The minimum absolute atomic E-state index is 0.745. The molecule has 0 atom stereocenters. The zero-order valence-electron chi connectivity index (χ0n) is 8.95. The Morgan fingerprint density at radius 3 is 3.00 bits per heavy atom. The zero-order chi connectivity index (χ0) is 10.1. The molecule has 2 aliphatic rings. The van der Waals surface area contributed by atoms with Gasteiger partial charge in [-0.3, -0.25) is 4.98 Å². The minimum Gasteiger partial charge on any atom is -0.365 e. The van der Waals surface area contributed by atoms with Crippen molar-refractivity contribution in [2.45, 2.75) is 38.1 Å². The second-order valence-corrected chi connectivity index (χ2v) is 4.49. The van der Waals surface area contributed by atoms with Crippen molar-refractivity contribution < 1.29 is 0 Å². The second kappa shape index (κ2) is 3.72. The fraction of sp³-hybridized carbons (Fsp3) is 0.583. The van der Waals surface area contributed by atoms with E-state index in [4.69, 9.17) is 0 Å². The fourth-order valence-electron chi connectivity index (χ4n) is 2.75. The van der Waals surface area contributed by atoms with E-state index < -0.39 is 0 Å². The summed E-state index contributed by atoms with van der Waals surface area (Å²) in [6, 6.07) is 2.87. The van der Waals surface area contributed by atoms with Crippen molar-refractivity contribution in [1.82, 2.24) is 4.98 Å². The van der Waals surface area contributed by atoms with Gasteiger partial charge in [0, 0.05) is 12.2 Å². The Hall–Kier alpha value is -1.25. The van der Waals surface area contributed by atoms with Gasteiger partial charge in [-0.15, -0.1) is 0 Å². The zero-order valence-corrected chi connectivity index (χ0v) is 8.95. The van der Waals surface area contributed by atoms with Gasteiger partial charge in [-0.1, -0.05) is 19.3 Å². The maximum absolute atomic E-state index is 4.15. The Labute approximate surface area is 90.5 Å². The van der Waals surface area contributed by atoms with Crippen LogP contribution in [0, 0.1) is 0 Å². The topological polar surface area (TPSA) is 28.2 Å². The average molecular weight is 203 g/mol. The molecule has 80 valence electrons. The van der Waals surface area contributed by atoms with Crippen LogP contribution in [0.25, 0.3) is 0 Å². The lowest BCUT2D eigenvalue weighted by Gasteiger charge is -2.32. The summed E-state index contributed by atoms with van der Waals surface area (Å²) in [6.07, 6.45) is 10.7. The molecule has 1 N–H and O–H groups in total. The van der Waals surface area contributed by atoms with Crippen LogP contribution in [-0.2, 0) is 0 Å². The molecule has 0 saturated heterocycles. The van der Waals surface area contributed by atoms with Gasteiger partial charge in [-0.2, -0.15) is 0 Å². The first kappa shape index (κ1) is 9.01. The highest BCUT2D eigenvalue weighted by Crippen LogP contribution is 2.35. The van der Waals surface area contributed by atoms with Crippen LogP contribution in [0.5, 0.6) is 0 Å². The van der Waals surface area contributed by atoms with Crippen molar-refractivity contribution in [3.63, 3.8) is 0 Å². The van der Waals surface area contributed by atoms with E-state index >= 15 is 0 Å². The molecule has 0 spiro atoms. The molecule has 1 aliphatic heterocycles. The van der Waals surface area contributed by atoms with E-state index in [1.165, 1.54) is 43.5 Å². The predicted octanol–water partition coefficient (Wildman–Crippen LogP) is 2.60. The van der Waals surface area contributed by atoms with Crippen LogP contribution >= 0.6 is 0 Å². The normalized spacial score (nSPS) is 21.2. The predicted molar refractivity (Wildman–Crippen MR) is 62.1 cm³/mol. The molecule has 1 saturated carbocycles. The van der Waals surface area contributed by atoms with Crippen LogP contribution in [0.15, 0.2) is 18.5 Å². The van der Waals surface area contributed by atoms with Crippen molar-refractivity contribution in [1.29, 1.82) is 0 Å². The number of anilines is 2. The molecule has 0 radical (unpaired) electrons. The lowest BCUT2D eigenvalue weighted by atomic mass is 9.94. The molecular formula is C12H17N3. The minimum atomic E-state index is 0.745. The molecule has 1 aromatic heterocycles. The SMILES string of the molecule is c1cc2c(cn1)NCN2C1CCCCC1. The molecule has 1 fully saturated rings. The maximum Gasteiger partial charge on any atom is 0.0881 e. The first-order valence-electron chi connectivity index (χ1n) is 5.90. The van der Waals surface area contributed by atoms with Crippen molar-refractivity contribution in [2.75, 3.05) is 16.9 Å². The Bertz CT molecular complexity index is 344. The van der Waals surface area contributed by atoms with E-state index in [1.807, 2.05) is 12.4 Å². The quantitative estimate of drug-likeness (QED) is 0.760. The third kappa shape index (κ3) is 1.56. The van der Waals surface area contributed by atoms with Crippen LogP contribution in [0.2, 0.25) is 0 Å². The smallest absolute Gasteiger partial charge is 0.0881 e. The van der Waals surface area contributed by atoms with E-state index in [9.17, 15) is 0 Å². The molecule has 1 aromatic rings. The van der Waals surface area contributed by atoms with Gasteiger partial charge in [0.05, 0.1) is 24.2 Å². The van der Waals surface area contributed by atoms with Crippen molar-refractivity contribution in [2.24, 2.45) is 0 Å². The largest absolute Gasteiger partial charge is 0.365 e. The van der Waals surface area contributed by atoms with E-state index in [0.717, 1.165) is 12.7 Å². The molecule has 1 aliphatic carbocycles. The van der Waals surface area contributed by atoms with Crippen LogP contribution in [0.1, 0.15) is 32.1 Å². The van der Waals surface area contributed by atoms with Crippen LogP contribution in [0.4, 0.5) is 11.4 Å². The first-order chi connectivity index (χ1) is 7.45. The number of nitrogens with zero attached hydrogens (tertiary/aromatic N) is 2. The highest BCUT2D eigenvalue weighted by atomic mass is 15.3. The standard InChI is InChI=1S/C12H17N3/c1-2-4-10(5-3-1)15-9-14-11-8-13-7-6-12(11)15/h6-8,10,14H,1-5,9H2. The van der Waals surface area contributed by atoms with E-state index in [-0.39, 0.29) is 0 Å². The highest BCUT2D eigenvalue weighted by Gasteiger charge is 2.26. The summed E-state index contributed by atoms with van der Waals surface area (Å²) in [5, 5.41) is 3.41. The van der Waals surface area contributed by atoms with Gasteiger partial charge in [0.2, 0.25) is 0 Å². The molecule has 15 heavy (non-hydrogen) atoms. The Morgan fingerprint density at radius 1 is 1.27 bits per heavy atom. The van der Waals surface area contributed by atoms with Gasteiger partial charge >= 0.3 is 0 Å². The molecule has 2 heterocycles. The molecule has 0 aromatic carbocycles. The van der Waals surface area contributed by atoms with E-state index in [2.05, 4.69) is 21.3 Å². The van der Waals surface area contributed by atoms with Crippen molar-refractivity contribution in [3.8, 4) is 0 Å². The number of aromatic nitrogens is 1. The van der Waals surface area contributed by atoms with Gasteiger partial charge < -0.3 is 10.2 Å². The molecule has 3 nitrogen and oxygen atoms in total. The van der Waals surface area contributed by atoms with Gasteiger partial charge in [-0.05, 0) is 18.9 Å². The molecule has 3 heteroatoms. The van der Waals surface area contributed by atoms with Crippen LogP contribution in [0.3, 0.4) is 0 Å². The van der Waals surface area contributed by atoms with Crippen LogP contribution < -0.4 is 10.2 Å². The highest BCUT2D eigenvalue weighted by molar-refractivity contribution is 5.73. The summed E-state index contributed by atoms with van der Waals surface area (Å²) in [5.74, 6) is 0. The van der Waals surface area contributed by atoms with Crippen LogP contribution in [-0.4, -0.2) is 17.7 Å². The van der Waals surface area contributed by atoms with E-state index in [1.54, 1.807) is 0 Å². The number of pyridine rings is 1. The summed E-state index contributed by atoms with van der Waals surface area (Å²) in [4.78, 5) is 6.66. The summed E-state index contributed by atoms with van der Waals surface area (Å²) < 4.78 is 0. The molecule has 3 rings (SSSR count). The molecule has 0 amide bonds. The number of nitrogens with one attached hydrogen (secondary N) is 1. The van der Waals surface area contributed by atoms with Gasteiger partial charge in [0.15, 0.2) is 0 Å². The first-order valence-corrected chi connectivity index (χ1v) is 5.90. The second-order valence-electron chi connectivity index (χ2n) is 4.49. The Kier molecular flexibility index (Phi) is 2.24. The summed E-state index contributed by atoms with van der Waals surface area (Å²) >= 11 is 0. The van der Waals surface area contributed by atoms with Gasteiger partial charge in [0.25, 0.3) is 0 Å². The maximum atomic E-state index is 4.15. The third-order valence-corrected chi connectivity index (χ3v) is 3.56. The van der Waals surface area contributed by atoms with Crippen molar-refractivity contribution >= 4 is 11.4 Å². The van der Waals surface area contributed by atoms with Gasteiger partial charge in [-0.25, -0.2) is 0 Å². The number of fused-ring (bicyclic) bond motifs is 1. The summed E-state index contributed by atoms with van der Waals surface area (Å²) in [6.45, 7) is 0.964. The summed E-state index contributed by atoms with van der Waals surface area (Å²) in [7, 11) is 0. The lowest BCUT2D eigenvalue weighted by Crippen LogP contribution is -2.36. The third-order valence-electron chi connectivity index (χ3n) is 3.56. The summed E-state index contributed by atoms with van der Waals surface area (Å²) in [5.41, 5.74) is 2.54. The molecule has 0 unspecified atom stereocenters.